The highest BCUT2D eigenvalue weighted by Crippen LogP contribution is 2.27. The zero-order valence-electron chi connectivity index (χ0n) is 19.6. The number of piperidine rings is 1. The van der Waals surface area contributed by atoms with Gasteiger partial charge in [0, 0.05) is 11.9 Å². The molecule has 31 heavy (non-hydrogen) atoms. The molecule has 1 saturated carbocycles. The van der Waals surface area contributed by atoms with Crippen molar-refractivity contribution >= 4 is 16.7 Å². The van der Waals surface area contributed by atoms with Gasteiger partial charge in [-0.05, 0) is 54.9 Å². The molecular formula is C27H41NO3. The third kappa shape index (κ3) is 7.84. The lowest BCUT2D eigenvalue weighted by Gasteiger charge is -2.30. The molecule has 0 radical (unpaired) electrons. The van der Waals surface area contributed by atoms with Crippen LogP contribution in [0.1, 0.15) is 77.7 Å². The fourth-order valence-corrected chi connectivity index (χ4v) is 4.61. The predicted octanol–water partition coefficient (Wildman–Crippen LogP) is 6.84. The molecule has 0 bridgehead atoms. The van der Waals surface area contributed by atoms with Crippen LogP contribution in [-0.4, -0.2) is 34.2 Å². The van der Waals surface area contributed by atoms with Gasteiger partial charge >= 0.3 is 5.97 Å². The Balaban J connectivity index is 0.000000286. The summed E-state index contributed by atoms with van der Waals surface area (Å²) in [6, 6.07) is 11.6. The number of nitrogens with zero attached hydrogens (tertiary/aromatic N) is 1. The SMILES string of the molecule is CC.CCC1CCCCC1.O=C(O)C1CCN(Cc2ccc3c(O)cccc3c2)CC1. The number of likely N-dealkylation sites (tertiary alicyclic amines) is 1. The molecule has 1 saturated heterocycles. The maximum atomic E-state index is 11.0. The van der Waals surface area contributed by atoms with Gasteiger partial charge in [0.25, 0.3) is 0 Å². The topological polar surface area (TPSA) is 60.8 Å². The molecule has 4 rings (SSSR count). The van der Waals surface area contributed by atoms with Crippen molar-refractivity contribution < 1.29 is 15.0 Å². The van der Waals surface area contributed by atoms with Gasteiger partial charge in [-0.1, -0.05) is 83.6 Å². The summed E-state index contributed by atoms with van der Waals surface area (Å²) in [4.78, 5) is 13.3. The predicted molar refractivity (Wildman–Crippen MR) is 129 cm³/mol. The minimum absolute atomic E-state index is 0.185. The number of aromatic hydroxyl groups is 1. The number of phenols is 1. The highest BCUT2D eigenvalue weighted by atomic mass is 16.4. The van der Waals surface area contributed by atoms with Gasteiger partial charge in [0.05, 0.1) is 5.92 Å². The Bertz CT molecular complexity index is 790. The monoisotopic (exact) mass is 427 g/mol. The Morgan fingerprint density at radius 2 is 1.68 bits per heavy atom. The van der Waals surface area contributed by atoms with Crippen molar-refractivity contribution in [1.82, 2.24) is 4.90 Å². The zero-order chi connectivity index (χ0) is 22.6. The number of carbonyl (C=O) groups is 1. The van der Waals surface area contributed by atoms with E-state index in [1.807, 2.05) is 38.1 Å². The molecule has 2 N–H and O–H groups in total. The number of carboxylic acids is 1. The molecule has 4 nitrogen and oxygen atoms in total. The smallest absolute Gasteiger partial charge is 0.306 e. The van der Waals surface area contributed by atoms with Gasteiger partial charge in [0.2, 0.25) is 0 Å². The molecule has 0 spiro atoms. The maximum Gasteiger partial charge on any atom is 0.306 e. The lowest BCUT2D eigenvalue weighted by molar-refractivity contribution is -0.143. The van der Waals surface area contributed by atoms with E-state index in [1.54, 1.807) is 6.07 Å². The molecule has 1 aliphatic carbocycles. The summed E-state index contributed by atoms with van der Waals surface area (Å²) < 4.78 is 0. The molecule has 0 amide bonds. The highest BCUT2D eigenvalue weighted by Gasteiger charge is 2.24. The second kappa shape index (κ2) is 13.4. The van der Waals surface area contributed by atoms with E-state index in [4.69, 9.17) is 5.11 Å². The molecule has 2 aromatic carbocycles. The molecule has 1 heterocycles. The van der Waals surface area contributed by atoms with Gasteiger partial charge in [0.1, 0.15) is 5.75 Å². The van der Waals surface area contributed by atoms with Crippen molar-refractivity contribution in [1.29, 1.82) is 0 Å². The first-order valence-corrected chi connectivity index (χ1v) is 12.2. The van der Waals surface area contributed by atoms with Crippen molar-refractivity contribution in [3.63, 3.8) is 0 Å². The highest BCUT2D eigenvalue weighted by molar-refractivity contribution is 5.88. The summed E-state index contributed by atoms with van der Waals surface area (Å²) in [7, 11) is 0. The zero-order valence-corrected chi connectivity index (χ0v) is 19.6. The third-order valence-electron chi connectivity index (χ3n) is 6.57. The number of carboxylic acid groups (broad SMARTS) is 1. The van der Waals surface area contributed by atoms with Crippen molar-refractivity contribution in [2.24, 2.45) is 11.8 Å². The summed E-state index contributed by atoms with van der Waals surface area (Å²) in [6.07, 6.45) is 10.4. The lowest BCUT2D eigenvalue weighted by Crippen LogP contribution is -2.35. The molecule has 172 valence electrons. The van der Waals surface area contributed by atoms with Gasteiger partial charge in [-0.15, -0.1) is 0 Å². The fraction of sp³-hybridized carbons (Fsp3) is 0.593. The van der Waals surface area contributed by atoms with E-state index in [1.165, 1.54) is 44.1 Å². The second-order valence-corrected chi connectivity index (χ2v) is 8.63. The number of fused-ring (bicyclic) bond motifs is 1. The maximum absolute atomic E-state index is 11.0. The van der Waals surface area contributed by atoms with Crippen LogP contribution >= 0.6 is 0 Å². The third-order valence-corrected chi connectivity index (χ3v) is 6.57. The molecule has 0 aromatic heterocycles. The van der Waals surface area contributed by atoms with E-state index in [2.05, 4.69) is 17.9 Å². The van der Waals surface area contributed by atoms with Crippen molar-refractivity contribution in [3.05, 3.63) is 42.0 Å². The number of aliphatic carboxylic acids is 1. The van der Waals surface area contributed by atoms with Gasteiger partial charge in [0.15, 0.2) is 0 Å². The first kappa shape index (κ1) is 25.2. The molecule has 2 aliphatic rings. The summed E-state index contributed by atoms with van der Waals surface area (Å²) in [5, 5.41) is 20.7. The summed E-state index contributed by atoms with van der Waals surface area (Å²) >= 11 is 0. The van der Waals surface area contributed by atoms with Crippen LogP contribution in [0.5, 0.6) is 5.75 Å². The normalized spacial score (nSPS) is 17.9. The number of rotatable bonds is 4. The van der Waals surface area contributed by atoms with Gasteiger partial charge in [-0.2, -0.15) is 0 Å². The average molecular weight is 428 g/mol. The Kier molecular flexibility index (Phi) is 10.9. The molecular weight excluding hydrogens is 386 g/mol. The number of phenolic OH excluding ortho intramolecular Hbond substituents is 1. The first-order valence-electron chi connectivity index (χ1n) is 12.2. The molecule has 2 fully saturated rings. The minimum Gasteiger partial charge on any atom is -0.507 e. The fourth-order valence-electron chi connectivity index (χ4n) is 4.61. The Labute approximate surface area is 188 Å². The van der Waals surface area contributed by atoms with Gasteiger partial charge in [-0.25, -0.2) is 0 Å². The first-order chi connectivity index (χ1) is 15.1. The van der Waals surface area contributed by atoms with E-state index >= 15 is 0 Å². The van der Waals surface area contributed by atoms with E-state index in [0.29, 0.717) is 5.75 Å². The quantitative estimate of drug-likeness (QED) is 0.560. The largest absolute Gasteiger partial charge is 0.507 e. The number of benzene rings is 2. The van der Waals surface area contributed by atoms with Crippen LogP contribution in [0.3, 0.4) is 0 Å². The Morgan fingerprint density at radius 1 is 1.00 bits per heavy atom. The minimum atomic E-state index is -0.671. The van der Waals surface area contributed by atoms with Crippen LogP contribution in [0.25, 0.3) is 10.8 Å². The van der Waals surface area contributed by atoms with Crippen LogP contribution < -0.4 is 0 Å². The Hall–Kier alpha value is -2.07. The van der Waals surface area contributed by atoms with E-state index in [-0.39, 0.29) is 5.92 Å². The van der Waals surface area contributed by atoms with Crippen molar-refractivity contribution in [2.45, 2.75) is 78.7 Å². The molecule has 1 aliphatic heterocycles. The van der Waals surface area contributed by atoms with Crippen LogP contribution in [0.15, 0.2) is 36.4 Å². The van der Waals surface area contributed by atoms with E-state index in [0.717, 1.165) is 49.2 Å². The van der Waals surface area contributed by atoms with Crippen LogP contribution in [0, 0.1) is 11.8 Å². The summed E-state index contributed by atoms with van der Waals surface area (Å²) in [6.45, 7) is 8.80. The number of hydrogen-bond donors (Lipinski definition) is 2. The van der Waals surface area contributed by atoms with Crippen molar-refractivity contribution in [3.8, 4) is 5.75 Å². The summed E-state index contributed by atoms with van der Waals surface area (Å²) in [5.74, 6) is 0.538. The van der Waals surface area contributed by atoms with Crippen LogP contribution in [0.2, 0.25) is 0 Å². The van der Waals surface area contributed by atoms with Gasteiger partial charge in [-0.3, -0.25) is 9.69 Å². The second-order valence-electron chi connectivity index (χ2n) is 8.63. The standard InChI is InChI=1S/C17H19NO3.C8H16.C2H6/c19-16-3-1-2-14-10-12(4-5-15(14)16)11-18-8-6-13(7-9-18)17(20)21;1-2-8-6-4-3-5-7-8;1-2/h1-5,10,13,19H,6-9,11H2,(H,20,21);8H,2-7H2,1H3;1-2H3. The molecule has 0 atom stereocenters. The number of hydrogen-bond acceptors (Lipinski definition) is 3. The average Bonchev–Trinajstić information content (AvgIpc) is 2.82. The van der Waals surface area contributed by atoms with Crippen LogP contribution in [0.4, 0.5) is 0 Å². The van der Waals surface area contributed by atoms with E-state index < -0.39 is 5.97 Å². The lowest BCUT2D eigenvalue weighted by atomic mass is 9.88. The van der Waals surface area contributed by atoms with Crippen LogP contribution in [-0.2, 0) is 11.3 Å². The van der Waals surface area contributed by atoms with Gasteiger partial charge < -0.3 is 10.2 Å². The molecule has 2 aromatic rings. The Morgan fingerprint density at radius 3 is 2.26 bits per heavy atom. The van der Waals surface area contributed by atoms with E-state index in [9.17, 15) is 9.90 Å². The van der Waals surface area contributed by atoms with Crippen molar-refractivity contribution in [2.75, 3.05) is 13.1 Å². The summed E-state index contributed by atoms with van der Waals surface area (Å²) in [5.41, 5.74) is 1.20. The molecule has 4 heteroatoms. The molecule has 0 unspecified atom stereocenters.